The van der Waals surface area contributed by atoms with E-state index in [1.54, 1.807) is 0 Å². The molecule has 0 fully saturated rings. The van der Waals surface area contributed by atoms with Gasteiger partial charge in [0.15, 0.2) is 0 Å². The van der Waals surface area contributed by atoms with E-state index in [0.29, 0.717) is 10.4 Å². The molecule has 0 spiro atoms. The standard InChI is InChI=1S/C17H14F3NO4S/c1-2-9-21(14-7-4-6-13(11-14)17(18,19)20)26(24,25)15-8-3-5-12(10-15)16(22)23/h2-8,10-11H,1,9H2,(H,22,23)/p-1. The number of anilines is 1. The van der Waals surface area contributed by atoms with Gasteiger partial charge in [-0.2, -0.15) is 13.2 Å². The van der Waals surface area contributed by atoms with Crippen molar-refractivity contribution < 1.29 is 31.5 Å². The molecule has 0 saturated carbocycles. The molecule has 0 N–H and O–H groups in total. The molecule has 0 aliphatic rings. The predicted octanol–water partition coefficient (Wildman–Crippen LogP) is 2.45. The van der Waals surface area contributed by atoms with Gasteiger partial charge in [-0.15, -0.1) is 6.58 Å². The number of carbonyl (C=O) groups excluding carboxylic acids is 1. The van der Waals surface area contributed by atoms with Crippen LogP contribution in [0.2, 0.25) is 0 Å². The molecule has 9 heteroatoms. The number of hydrogen-bond acceptors (Lipinski definition) is 4. The van der Waals surface area contributed by atoms with Crippen LogP contribution in [0.3, 0.4) is 0 Å². The van der Waals surface area contributed by atoms with Crippen molar-refractivity contribution in [2.24, 2.45) is 0 Å². The fourth-order valence-electron chi connectivity index (χ4n) is 2.21. The van der Waals surface area contributed by atoms with Crippen molar-refractivity contribution in [1.29, 1.82) is 0 Å². The van der Waals surface area contributed by atoms with Crippen molar-refractivity contribution in [2.75, 3.05) is 10.8 Å². The molecule has 0 aromatic heterocycles. The number of benzene rings is 2. The monoisotopic (exact) mass is 384 g/mol. The molecule has 0 heterocycles. The highest BCUT2D eigenvalue weighted by molar-refractivity contribution is 7.92. The molecular weight excluding hydrogens is 371 g/mol. The largest absolute Gasteiger partial charge is 0.545 e. The molecule has 2 aromatic carbocycles. The van der Waals surface area contributed by atoms with Gasteiger partial charge in [0.25, 0.3) is 10.0 Å². The predicted molar refractivity (Wildman–Crippen MR) is 86.9 cm³/mol. The summed E-state index contributed by atoms with van der Waals surface area (Å²) in [6, 6.07) is 8.19. The number of carbonyl (C=O) groups is 1. The maximum atomic E-state index is 12.9. The van der Waals surface area contributed by atoms with E-state index in [1.165, 1.54) is 18.2 Å². The molecule has 0 aliphatic heterocycles. The zero-order valence-electron chi connectivity index (χ0n) is 13.2. The van der Waals surface area contributed by atoms with Crippen LogP contribution >= 0.6 is 0 Å². The van der Waals surface area contributed by atoms with E-state index in [1.807, 2.05) is 0 Å². The van der Waals surface area contributed by atoms with E-state index in [9.17, 15) is 31.5 Å². The molecule has 0 radical (unpaired) electrons. The first-order chi connectivity index (χ1) is 12.1. The van der Waals surface area contributed by atoms with Crippen molar-refractivity contribution in [3.63, 3.8) is 0 Å². The fourth-order valence-corrected chi connectivity index (χ4v) is 3.68. The molecule has 0 bridgehead atoms. The molecule has 0 unspecified atom stereocenters. The molecule has 5 nitrogen and oxygen atoms in total. The number of sulfonamides is 1. The van der Waals surface area contributed by atoms with Gasteiger partial charge >= 0.3 is 6.18 Å². The SMILES string of the molecule is C=CCN(c1cccc(C(F)(F)F)c1)S(=O)(=O)c1cccc(C(=O)[O-])c1. The minimum Gasteiger partial charge on any atom is -0.545 e. The first-order valence-corrected chi connectivity index (χ1v) is 8.63. The summed E-state index contributed by atoms with van der Waals surface area (Å²) in [7, 11) is -4.33. The summed E-state index contributed by atoms with van der Waals surface area (Å²) in [5, 5.41) is 10.9. The molecular formula is C17H13F3NO4S-. The van der Waals surface area contributed by atoms with Gasteiger partial charge in [0.1, 0.15) is 0 Å². The average molecular weight is 384 g/mol. The van der Waals surface area contributed by atoms with Crippen LogP contribution in [0.25, 0.3) is 0 Å². The minimum atomic E-state index is -4.64. The van der Waals surface area contributed by atoms with Gasteiger partial charge in [0.05, 0.1) is 28.7 Å². The second-order valence-corrected chi connectivity index (χ2v) is 7.05. The van der Waals surface area contributed by atoms with Gasteiger partial charge in [-0.25, -0.2) is 8.42 Å². The van der Waals surface area contributed by atoms with E-state index in [0.717, 1.165) is 30.3 Å². The molecule has 0 saturated heterocycles. The molecule has 138 valence electrons. The summed E-state index contributed by atoms with van der Waals surface area (Å²) >= 11 is 0. The van der Waals surface area contributed by atoms with Crippen LogP contribution < -0.4 is 9.41 Å². The minimum absolute atomic E-state index is 0.224. The van der Waals surface area contributed by atoms with Crippen molar-refractivity contribution in [1.82, 2.24) is 0 Å². The van der Waals surface area contributed by atoms with Crippen LogP contribution in [0.15, 0.2) is 66.1 Å². The average Bonchev–Trinajstić information content (AvgIpc) is 2.59. The Bertz CT molecular complexity index is 939. The Labute approximate surface area is 148 Å². The number of hydrogen-bond donors (Lipinski definition) is 0. The van der Waals surface area contributed by atoms with Crippen molar-refractivity contribution in [2.45, 2.75) is 11.1 Å². The van der Waals surface area contributed by atoms with E-state index in [4.69, 9.17) is 0 Å². The van der Waals surface area contributed by atoms with Crippen LogP contribution in [0, 0.1) is 0 Å². The summed E-state index contributed by atoms with van der Waals surface area (Å²) in [6.07, 6.45) is -3.44. The second kappa shape index (κ2) is 7.20. The zero-order chi connectivity index (χ0) is 19.5. The number of carboxylic acid groups (broad SMARTS) is 1. The Morgan fingerprint density at radius 1 is 1.15 bits per heavy atom. The van der Waals surface area contributed by atoms with Crippen LogP contribution in [-0.2, 0) is 16.2 Å². The third-order valence-corrected chi connectivity index (χ3v) is 5.20. The van der Waals surface area contributed by atoms with Crippen molar-refractivity contribution >= 4 is 21.7 Å². The number of nitrogens with zero attached hydrogens (tertiary/aromatic N) is 1. The number of alkyl halides is 3. The van der Waals surface area contributed by atoms with Crippen molar-refractivity contribution in [3.8, 4) is 0 Å². The Balaban J connectivity index is 2.58. The van der Waals surface area contributed by atoms with Crippen LogP contribution in [0.5, 0.6) is 0 Å². The number of carboxylic acids is 1. The van der Waals surface area contributed by atoms with Gasteiger partial charge in [0, 0.05) is 0 Å². The summed E-state index contributed by atoms with van der Waals surface area (Å²) in [4.78, 5) is 10.5. The van der Waals surface area contributed by atoms with Crippen LogP contribution in [0.1, 0.15) is 15.9 Å². The topological polar surface area (TPSA) is 77.5 Å². The fraction of sp³-hybridized carbons (Fsp3) is 0.118. The lowest BCUT2D eigenvalue weighted by molar-refractivity contribution is -0.255. The maximum Gasteiger partial charge on any atom is 0.416 e. The van der Waals surface area contributed by atoms with E-state index >= 15 is 0 Å². The lowest BCUT2D eigenvalue weighted by atomic mass is 10.2. The van der Waals surface area contributed by atoms with E-state index < -0.39 is 32.6 Å². The lowest BCUT2D eigenvalue weighted by Crippen LogP contribution is -2.32. The van der Waals surface area contributed by atoms with E-state index in [2.05, 4.69) is 6.58 Å². The quantitative estimate of drug-likeness (QED) is 0.717. The van der Waals surface area contributed by atoms with E-state index in [-0.39, 0.29) is 17.8 Å². The summed E-state index contributed by atoms with van der Waals surface area (Å²) in [5.74, 6) is -1.57. The number of aromatic carboxylic acids is 1. The third kappa shape index (κ3) is 4.05. The molecule has 2 aromatic rings. The third-order valence-electron chi connectivity index (χ3n) is 3.41. The zero-order valence-corrected chi connectivity index (χ0v) is 14.0. The first kappa shape index (κ1) is 19.5. The highest BCUT2D eigenvalue weighted by Gasteiger charge is 2.32. The van der Waals surface area contributed by atoms with Gasteiger partial charge < -0.3 is 9.90 Å². The van der Waals surface area contributed by atoms with Crippen LogP contribution in [-0.4, -0.2) is 20.9 Å². The summed E-state index contributed by atoms with van der Waals surface area (Å²) < 4.78 is 65.2. The highest BCUT2D eigenvalue weighted by Crippen LogP contribution is 2.33. The number of halogens is 3. The highest BCUT2D eigenvalue weighted by atomic mass is 32.2. The second-order valence-electron chi connectivity index (χ2n) is 5.19. The Kier molecular flexibility index (Phi) is 5.41. The molecule has 0 aliphatic carbocycles. The smallest absolute Gasteiger partial charge is 0.416 e. The number of rotatable bonds is 6. The molecule has 2 rings (SSSR count). The van der Waals surface area contributed by atoms with Crippen molar-refractivity contribution in [3.05, 3.63) is 72.3 Å². The molecule has 26 heavy (non-hydrogen) atoms. The maximum absolute atomic E-state index is 12.9. The Morgan fingerprint density at radius 3 is 2.38 bits per heavy atom. The van der Waals surface area contributed by atoms with Gasteiger partial charge in [0.2, 0.25) is 0 Å². The van der Waals surface area contributed by atoms with Gasteiger partial charge in [-0.3, -0.25) is 4.31 Å². The lowest BCUT2D eigenvalue weighted by Gasteiger charge is -2.24. The first-order valence-electron chi connectivity index (χ1n) is 7.19. The normalized spacial score (nSPS) is 11.8. The van der Waals surface area contributed by atoms with Gasteiger partial charge in [-0.1, -0.05) is 24.3 Å². The Hall–Kier alpha value is -2.81. The summed E-state index contributed by atoms with van der Waals surface area (Å²) in [6.45, 7) is 3.11. The Morgan fingerprint density at radius 2 is 1.81 bits per heavy atom. The van der Waals surface area contributed by atoms with Gasteiger partial charge in [-0.05, 0) is 35.9 Å². The summed E-state index contributed by atoms with van der Waals surface area (Å²) in [5.41, 5.74) is -1.60. The van der Waals surface area contributed by atoms with Crippen LogP contribution in [0.4, 0.5) is 18.9 Å². The molecule has 0 atom stereocenters. The molecule has 0 amide bonds.